The molecule has 0 saturated heterocycles. The van der Waals surface area contributed by atoms with Crippen LogP contribution in [0, 0.1) is 6.92 Å². The van der Waals surface area contributed by atoms with E-state index in [2.05, 4.69) is 19.1 Å². The second-order valence-electron chi connectivity index (χ2n) is 6.12. The van der Waals surface area contributed by atoms with Crippen molar-refractivity contribution in [2.45, 2.75) is 11.9 Å². The number of alkyl halides is 1. The van der Waals surface area contributed by atoms with Gasteiger partial charge < -0.3 is 0 Å². The van der Waals surface area contributed by atoms with E-state index in [1.54, 1.807) is 0 Å². The minimum atomic E-state index is -1.01. The van der Waals surface area contributed by atoms with E-state index in [9.17, 15) is 0 Å². The third-order valence-corrected chi connectivity index (χ3v) is 4.79. The molecule has 0 aromatic heterocycles. The zero-order valence-electron chi connectivity index (χ0n) is 13.9. The number of benzene rings is 3. The van der Waals surface area contributed by atoms with E-state index in [4.69, 9.17) is 21.6 Å². The van der Waals surface area contributed by atoms with E-state index in [-0.39, 0.29) is 0 Å². The highest BCUT2D eigenvalue weighted by Gasteiger charge is 2.40. The van der Waals surface area contributed by atoms with Crippen LogP contribution in [-0.4, -0.2) is 11.5 Å². The van der Waals surface area contributed by atoms with Crippen LogP contribution in [0.15, 0.2) is 94.9 Å². The van der Waals surface area contributed by atoms with Crippen molar-refractivity contribution in [3.8, 4) is 0 Å². The van der Waals surface area contributed by atoms with Gasteiger partial charge in [-0.1, -0.05) is 102 Å². The number of aryl methyl sites for hydroxylation is 1. The Bertz CT molecular complexity index is 944. The zero-order valence-corrected chi connectivity index (χ0v) is 14.6. The molecule has 1 aliphatic heterocycles. The maximum absolute atomic E-state index is 7.05. The number of aliphatic imine (C=N–C) groups is 2. The molecule has 1 atom stereocenters. The van der Waals surface area contributed by atoms with E-state index in [1.165, 1.54) is 5.56 Å². The molecule has 3 heteroatoms. The van der Waals surface area contributed by atoms with Gasteiger partial charge in [0.05, 0.1) is 5.71 Å². The molecule has 3 aromatic carbocycles. The summed E-state index contributed by atoms with van der Waals surface area (Å²) >= 11 is 7.05. The highest BCUT2D eigenvalue weighted by atomic mass is 35.5. The zero-order chi connectivity index (χ0) is 17.3. The fourth-order valence-electron chi connectivity index (χ4n) is 2.95. The number of rotatable bonds is 3. The van der Waals surface area contributed by atoms with Gasteiger partial charge in [0.2, 0.25) is 5.00 Å². The van der Waals surface area contributed by atoms with Crippen molar-refractivity contribution in [1.29, 1.82) is 0 Å². The average Bonchev–Trinajstić information content (AvgIpc) is 3.03. The SMILES string of the molecule is Cc1ccc(C2=NC(Cl)(c3ccccc3)C(c3ccccc3)=N2)cc1. The van der Waals surface area contributed by atoms with Gasteiger partial charge in [-0.3, -0.25) is 0 Å². The topological polar surface area (TPSA) is 24.7 Å². The van der Waals surface area contributed by atoms with Gasteiger partial charge in [0.25, 0.3) is 0 Å². The van der Waals surface area contributed by atoms with Gasteiger partial charge in [-0.25, -0.2) is 9.98 Å². The molecule has 0 spiro atoms. The third kappa shape index (κ3) is 2.90. The van der Waals surface area contributed by atoms with Crippen molar-refractivity contribution in [3.63, 3.8) is 0 Å². The lowest BCUT2D eigenvalue weighted by atomic mass is 9.97. The first kappa shape index (κ1) is 15.8. The van der Waals surface area contributed by atoms with Crippen LogP contribution in [0.4, 0.5) is 0 Å². The largest absolute Gasteiger partial charge is 0.231 e. The highest BCUT2D eigenvalue weighted by molar-refractivity contribution is 6.42. The average molecular weight is 345 g/mol. The summed E-state index contributed by atoms with van der Waals surface area (Å²) in [5.74, 6) is 0.665. The first-order chi connectivity index (χ1) is 12.2. The molecular formula is C22H17ClN2. The van der Waals surface area contributed by atoms with E-state index in [0.29, 0.717) is 5.84 Å². The third-order valence-electron chi connectivity index (χ3n) is 4.30. The van der Waals surface area contributed by atoms with Gasteiger partial charge in [0.15, 0.2) is 5.84 Å². The smallest absolute Gasteiger partial charge is 0.203 e. The van der Waals surface area contributed by atoms with Crippen LogP contribution in [0.1, 0.15) is 22.3 Å². The van der Waals surface area contributed by atoms with Gasteiger partial charge in [0, 0.05) is 16.7 Å². The molecule has 25 heavy (non-hydrogen) atoms. The molecule has 0 N–H and O–H groups in total. The second-order valence-corrected chi connectivity index (χ2v) is 6.66. The molecule has 0 amide bonds. The molecule has 3 aromatic rings. The number of hydrogen-bond acceptors (Lipinski definition) is 2. The Kier molecular flexibility index (Phi) is 3.98. The molecule has 2 nitrogen and oxygen atoms in total. The number of nitrogens with zero attached hydrogens (tertiary/aromatic N) is 2. The maximum Gasteiger partial charge on any atom is 0.203 e. The molecule has 4 rings (SSSR count). The first-order valence-electron chi connectivity index (χ1n) is 8.23. The molecule has 1 aliphatic rings. The molecule has 0 saturated carbocycles. The summed E-state index contributed by atoms with van der Waals surface area (Å²) < 4.78 is 0. The lowest BCUT2D eigenvalue weighted by Gasteiger charge is -2.21. The molecule has 1 heterocycles. The first-order valence-corrected chi connectivity index (χ1v) is 8.60. The van der Waals surface area contributed by atoms with E-state index >= 15 is 0 Å². The number of amidine groups is 1. The normalized spacial score (nSPS) is 19.4. The van der Waals surface area contributed by atoms with Crippen LogP contribution in [0.2, 0.25) is 0 Å². The lowest BCUT2D eigenvalue weighted by Crippen LogP contribution is -2.25. The summed E-state index contributed by atoms with van der Waals surface area (Å²) in [6.07, 6.45) is 0. The quantitative estimate of drug-likeness (QED) is 0.453. The summed E-state index contributed by atoms with van der Waals surface area (Å²) in [7, 11) is 0. The highest BCUT2D eigenvalue weighted by Crippen LogP contribution is 2.39. The van der Waals surface area contributed by atoms with Gasteiger partial charge in [0.1, 0.15) is 0 Å². The second kappa shape index (κ2) is 6.30. The van der Waals surface area contributed by atoms with Crippen LogP contribution >= 0.6 is 11.6 Å². The summed E-state index contributed by atoms with van der Waals surface area (Å²) in [5, 5.41) is 0. The summed E-state index contributed by atoms with van der Waals surface area (Å²) in [6.45, 7) is 2.06. The Labute approximate surface area is 152 Å². The lowest BCUT2D eigenvalue weighted by molar-refractivity contribution is 0.885. The fraction of sp³-hybridized carbons (Fsp3) is 0.0909. The Morgan fingerprint density at radius 3 is 1.96 bits per heavy atom. The summed E-state index contributed by atoms with van der Waals surface area (Å²) in [5.41, 5.74) is 4.83. The monoisotopic (exact) mass is 344 g/mol. The maximum atomic E-state index is 7.05. The van der Waals surface area contributed by atoms with Crippen molar-refractivity contribution in [2.75, 3.05) is 0 Å². The Balaban J connectivity index is 1.88. The minimum Gasteiger partial charge on any atom is -0.231 e. The molecule has 0 bridgehead atoms. The van der Waals surface area contributed by atoms with Crippen molar-refractivity contribution in [2.24, 2.45) is 9.98 Å². The summed E-state index contributed by atoms with van der Waals surface area (Å²) in [4.78, 5) is 8.64. The van der Waals surface area contributed by atoms with Crippen molar-refractivity contribution in [1.82, 2.24) is 0 Å². The molecule has 1 unspecified atom stereocenters. The van der Waals surface area contributed by atoms with Crippen LogP contribution in [0.25, 0.3) is 0 Å². The van der Waals surface area contributed by atoms with Gasteiger partial charge >= 0.3 is 0 Å². The Morgan fingerprint density at radius 1 is 0.720 bits per heavy atom. The van der Waals surface area contributed by atoms with Crippen molar-refractivity contribution < 1.29 is 0 Å². The van der Waals surface area contributed by atoms with Gasteiger partial charge in [-0.15, -0.1) is 0 Å². The van der Waals surface area contributed by atoms with Crippen molar-refractivity contribution in [3.05, 3.63) is 107 Å². The van der Waals surface area contributed by atoms with E-state index in [1.807, 2.05) is 72.8 Å². The standard InChI is InChI=1S/C22H17ClN2/c1-16-12-14-18(15-13-16)21-24-20(17-8-4-2-5-9-17)22(23,25-21)19-10-6-3-7-11-19/h2-15H,1H3. The Morgan fingerprint density at radius 2 is 1.32 bits per heavy atom. The Hall–Kier alpha value is -2.71. The predicted octanol–water partition coefficient (Wildman–Crippen LogP) is 5.34. The molecule has 0 aliphatic carbocycles. The predicted molar refractivity (Wildman–Crippen MR) is 105 cm³/mol. The van der Waals surface area contributed by atoms with Crippen LogP contribution < -0.4 is 0 Å². The van der Waals surface area contributed by atoms with Gasteiger partial charge in [-0.05, 0) is 6.92 Å². The van der Waals surface area contributed by atoms with E-state index in [0.717, 1.165) is 22.4 Å². The van der Waals surface area contributed by atoms with E-state index < -0.39 is 5.00 Å². The van der Waals surface area contributed by atoms with Gasteiger partial charge in [-0.2, -0.15) is 0 Å². The molecule has 0 fully saturated rings. The van der Waals surface area contributed by atoms with Crippen LogP contribution in [0.3, 0.4) is 0 Å². The van der Waals surface area contributed by atoms with Crippen molar-refractivity contribution >= 4 is 23.1 Å². The number of hydrogen-bond donors (Lipinski definition) is 0. The fourth-order valence-corrected chi connectivity index (χ4v) is 3.31. The molecule has 122 valence electrons. The van der Waals surface area contributed by atoms with Crippen LogP contribution in [0.5, 0.6) is 0 Å². The minimum absolute atomic E-state index is 0.665. The molecule has 0 radical (unpaired) electrons. The number of halogens is 1. The molecular weight excluding hydrogens is 328 g/mol. The van der Waals surface area contributed by atoms with Crippen LogP contribution in [-0.2, 0) is 5.00 Å². The summed E-state index contributed by atoms with van der Waals surface area (Å²) in [6, 6.07) is 28.1.